The molecule has 0 saturated heterocycles. The van der Waals surface area contributed by atoms with E-state index in [0.717, 1.165) is 10.3 Å². The maximum atomic E-state index is 11.7. The predicted octanol–water partition coefficient (Wildman–Crippen LogP) is 3.00. The SMILES string of the molecule is CC(C)(C)C(=O)Cc1cccc(Br)n1. The summed E-state index contributed by atoms with van der Waals surface area (Å²) in [5.41, 5.74) is 0.531. The second kappa shape index (κ2) is 4.22. The van der Waals surface area contributed by atoms with Crippen molar-refractivity contribution in [3.63, 3.8) is 0 Å². The quantitative estimate of drug-likeness (QED) is 0.761. The Labute approximate surface area is 92.9 Å². The summed E-state index contributed by atoms with van der Waals surface area (Å²) in [6.45, 7) is 5.77. The van der Waals surface area contributed by atoms with Crippen LogP contribution >= 0.6 is 15.9 Å². The van der Waals surface area contributed by atoms with Crippen LogP contribution in [0.3, 0.4) is 0 Å². The van der Waals surface area contributed by atoms with Crippen LogP contribution in [0.4, 0.5) is 0 Å². The number of ketones is 1. The lowest BCUT2D eigenvalue weighted by atomic mass is 9.88. The summed E-state index contributed by atoms with van der Waals surface area (Å²) in [6, 6.07) is 5.61. The van der Waals surface area contributed by atoms with E-state index in [2.05, 4.69) is 20.9 Å². The van der Waals surface area contributed by atoms with Gasteiger partial charge in [-0.3, -0.25) is 4.79 Å². The van der Waals surface area contributed by atoms with Gasteiger partial charge < -0.3 is 0 Å². The molecule has 0 radical (unpaired) electrons. The number of carbonyl (C=O) groups excluding carboxylic acids is 1. The number of hydrogen-bond acceptors (Lipinski definition) is 2. The summed E-state index contributed by atoms with van der Waals surface area (Å²) >= 11 is 3.28. The number of aromatic nitrogens is 1. The van der Waals surface area contributed by atoms with Crippen LogP contribution in [0.1, 0.15) is 26.5 Å². The van der Waals surface area contributed by atoms with Gasteiger partial charge in [0, 0.05) is 17.5 Å². The Morgan fingerprint density at radius 3 is 2.57 bits per heavy atom. The minimum Gasteiger partial charge on any atom is -0.299 e. The lowest BCUT2D eigenvalue weighted by Gasteiger charge is -2.15. The molecule has 0 saturated carbocycles. The van der Waals surface area contributed by atoms with Crippen LogP contribution in [0.15, 0.2) is 22.8 Å². The molecule has 0 bridgehead atoms. The normalized spacial score (nSPS) is 11.4. The van der Waals surface area contributed by atoms with Crippen molar-refractivity contribution < 1.29 is 4.79 Å². The van der Waals surface area contributed by atoms with Crippen LogP contribution in [-0.4, -0.2) is 10.8 Å². The first kappa shape index (κ1) is 11.4. The van der Waals surface area contributed by atoms with E-state index in [4.69, 9.17) is 0 Å². The summed E-state index contributed by atoms with van der Waals surface area (Å²) < 4.78 is 0.775. The van der Waals surface area contributed by atoms with Crippen molar-refractivity contribution in [2.45, 2.75) is 27.2 Å². The molecular formula is C11H14BrNO. The van der Waals surface area contributed by atoms with E-state index in [9.17, 15) is 4.79 Å². The molecule has 76 valence electrons. The molecule has 2 nitrogen and oxygen atoms in total. The van der Waals surface area contributed by atoms with E-state index in [0.29, 0.717) is 6.42 Å². The van der Waals surface area contributed by atoms with Crippen molar-refractivity contribution >= 4 is 21.7 Å². The zero-order chi connectivity index (χ0) is 10.8. The molecule has 0 fully saturated rings. The topological polar surface area (TPSA) is 30.0 Å². The number of halogens is 1. The number of hydrogen-bond donors (Lipinski definition) is 0. The summed E-state index contributed by atoms with van der Waals surface area (Å²) in [5.74, 6) is 0.211. The number of rotatable bonds is 2. The Bertz CT molecular complexity index is 341. The molecule has 0 aromatic carbocycles. The molecule has 0 N–H and O–H groups in total. The minimum absolute atomic E-state index is 0.211. The highest BCUT2D eigenvalue weighted by molar-refractivity contribution is 9.10. The molecule has 0 amide bonds. The van der Waals surface area contributed by atoms with E-state index in [1.54, 1.807) is 0 Å². The van der Waals surface area contributed by atoms with Gasteiger partial charge in [0.1, 0.15) is 10.4 Å². The Morgan fingerprint density at radius 2 is 2.07 bits per heavy atom. The maximum Gasteiger partial charge on any atom is 0.144 e. The van der Waals surface area contributed by atoms with E-state index < -0.39 is 0 Å². The third kappa shape index (κ3) is 3.22. The molecule has 1 aromatic rings. The van der Waals surface area contributed by atoms with Gasteiger partial charge in [-0.1, -0.05) is 26.8 Å². The van der Waals surface area contributed by atoms with E-state index >= 15 is 0 Å². The summed E-state index contributed by atoms with van der Waals surface area (Å²) in [7, 11) is 0. The van der Waals surface area contributed by atoms with E-state index in [1.165, 1.54) is 0 Å². The molecule has 0 aliphatic carbocycles. The second-order valence-electron chi connectivity index (χ2n) is 4.30. The van der Waals surface area contributed by atoms with Crippen molar-refractivity contribution in [1.29, 1.82) is 0 Å². The van der Waals surface area contributed by atoms with Crippen molar-refractivity contribution in [2.24, 2.45) is 5.41 Å². The summed E-state index contributed by atoms with van der Waals surface area (Å²) in [6.07, 6.45) is 0.406. The summed E-state index contributed by atoms with van der Waals surface area (Å²) in [5, 5.41) is 0. The lowest BCUT2D eigenvalue weighted by Crippen LogP contribution is -2.22. The van der Waals surface area contributed by atoms with Crippen LogP contribution in [-0.2, 0) is 11.2 Å². The van der Waals surface area contributed by atoms with Crippen molar-refractivity contribution in [1.82, 2.24) is 4.98 Å². The first-order valence-corrected chi connectivity index (χ1v) is 5.33. The van der Waals surface area contributed by atoms with E-state index in [1.807, 2.05) is 39.0 Å². The number of pyridine rings is 1. The van der Waals surface area contributed by atoms with E-state index in [-0.39, 0.29) is 11.2 Å². The van der Waals surface area contributed by atoms with Crippen LogP contribution in [0.2, 0.25) is 0 Å². The molecule has 14 heavy (non-hydrogen) atoms. The van der Waals surface area contributed by atoms with Gasteiger partial charge in [0.05, 0.1) is 0 Å². The molecule has 0 spiro atoms. The molecule has 1 aromatic heterocycles. The zero-order valence-electron chi connectivity index (χ0n) is 8.67. The van der Waals surface area contributed by atoms with Gasteiger partial charge in [-0.15, -0.1) is 0 Å². The third-order valence-electron chi connectivity index (χ3n) is 1.95. The van der Waals surface area contributed by atoms with Crippen LogP contribution < -0.4 is 0 Å². The van der Waals surface area contributed by atoms with Crippen molar-refractivity contribution in [3.05, 3.63) is 28.5 Å². The van der Waals surface area contributed by atoms with Gasteiger partial charge in [0.2, 0.25) is 0 Å². The number of nitrogens with zero attached hydrogens (tertiary/aromatic N) is 1. The maximum absolute atomic E-state index is 11.7. The van der Waals surface area contributed by atoms with Crippen LogP contribution in [0.5, 0.6) is 0 Å². The summed E-state index contributed by atoms with van der Waals surface area (Å²) in [4.78, 5) is 15.9. The minimum atomic E-state index is -0.288. The average Bonchev–Trinajstić information content (AvgIpc) is 2.02. The molecule has 1 heterocycles. The molecule has 0 aliphatic heterocycles. The predicted molar refractivity (Wildman–Crippen MR) is 60.1 cm³/mol. The third-order valence-corrected chi connectivity index (χ3v) is 2.39. The highest BCUT2D eigenvalue weighted by Crippen LogP contribution is 2.17. The highest BCUT2D eigenvalue weighted by Gasteiger charge is 2.21. The average molecular weight is 256 g/mol. The van der Waals surface area contributed by atoms with Gasteiger partial charge in [-0.25, -0.2) is 4.98 Å². The van der Waals surface area contributed by atoms with Crippen molar-refractivity contribution in [3.8, 4) is 0 Å². The fourth-order valence-electron chi connectivity index (χ4n) is 0.978. The highest BCUT2D eigenvalue weighted by atomic mass is 79.9. The second-order valence-corrected chi connectivity index (χ2v) is 5.11. The zero-order valence-corrected chi connectivity index (χ0v) is 10.3. The van der Waals surface area contributed by atoms with Crippen molar-refractivity contribution in [2.75, 3.05) is 0 Å². The standard InChI is InChI=1S/C11H14BrNO/c1-11(2,3)9(14)7-8-5-4-6-10(12)13-8/h4-6H,7H2,1-3H3. The van der Waals surface area contributed by atoms with Crippen LogP contribution in [0, 0.1) is 5.41 Å². The molecule has 0 atom stereocenters. The first-order valence-electron chi connectivity index (χ1n) is 4.54. The largest absolute Gasteiger partial charge is 0.299 e. The molecule has 0 unspecified atom stereocenters. The monoisotopic (exact) mass is 255 g/mol. The Hall–Kier alpha value is -0.700. The Morgan fingerprint density at radius 1 is 1.43 bits per heavy atom. The van der Waals surface area contributed by atoms with Gasteiger partial charge in [-0.2, -0.15) is 0 Å². The number of Topliss-reactive ketones (excluding diaryl/α,β-unsaturated/α-hetero) is 1. The number of carbonyl (C=O) groups is 1. The Balaban J connectivity index is 2.75. The van der Waals surface area contributed by atoms with Gasteiger partial charge in [0.25, 0.3) is 0 Å². The molecule has 3 heteroatoms. The fraction of sp³-hybridized carbons (Fsp3) is 0.455. The Kier molecular flexibility index (Phi) is 3.43. The first-order chi connectivity index (χ1) is 6.39. The molecular weight excluding hydrogens is 242 g/mol. The lowest BCUT2D eigenvalue weighted by molar-refractivity contribution is -0.125. The van der Waals surface area contributed by atoms with Gasteiger partial charge in [-0.05, 0) is 28.1 Å². The van der Waals surface area contributed by atoms with Gasteiger partial charge in [0.15, 0.2) is 0 Å². The fourth-order valence-corrected chi connectivity index (χ4v) is 1.36. The van der Waals surface area contributed by atoms with Crippen LogP contribution in [0.25, 0.3) is 0 Å². The molecule has 1 rings (SSSR count). The smallest absolute Gasteiger partial charge is 0.144 e. The van der Waals surface area contributed by atoms with Gasteiger partial charge >= 0.3 is 0 Å². The molecule has 0 aliphatic rings.